The molecule has 34 heavy (non-hydrogen) atoms. The first-order chi connectivity index (χ1) is 16.7. The van der Waals surface area contributed by atoms with Crippen molar-refractivity contribution in [1.29, 1.82) is 0 Å². The molecule has 0 unspecified atom stereocenters. The van der Waals surface area contributed by atoms with Crippen LogP contribution in [0.1, 0.15) is 62.1 Å². The largest absolute Gasteiger partial charge is 0.494 e. The minimum absolute atomic E-state index is 0.105. The molecule has 0 amide bonds. The Balaban J connectivity index is 1.45. The first-order valence-corrected chi connectivity index (χ1v) is 12.7. The van der Waals surface area contributed by atoms with Crippen LogP contribution in [-0.2, 0) is 0 Å². The zero-order chi connectivity index (χ0) is 23.5. The zero-order valence-corrected chi connectivity index (χ0v) is 21.1. The van der Waals surface area contributed by atoms with Crippen LogP contribution >= 0.6 is 15.9 Å². The molecule has 0 aromatic heterocycles. The predicted molar refractivity (Wildman–Crippen MR) is 138 cm³/mol. The molecule has 0 bridgehead atoms. The van der Waals surface area contributed by atoms with E-state index in [9.17, 15) is 0 Å². The van der Waals surface area contributed by atoms with Gasteiger partial charge in [-0.3, -0.25) is 0 Å². The molecule has 0 saturated heterocycles. The van der Waals surface area contributed by atoms with Gasteiger partial charge >= 0.3 is 0 Å². The molecule has 5 rings (SSSR count). The highest BCUT2D eigenvalue weighted by molar-refractivity contribution is 9.10. The number of fused-ring (bicyclic) bond motifs is 3. The summed E-state index contributed by atoms with van der Waals surface area (Å²) in [6.45, 7) is 5.55. The number of unbranched alkanes of at least 4 members (excludes halogenated alkanes) is 1. The fourth-order valence-electron chi connectivity index (χ4n) is 4.43. The van der Waals surface area contributed by atoms with E-state index in [1.54, 1.807) is 0 Å². The van der Waals surface area contributed by atoms with Crippen molar-refractivity contribution in [2.75, 3.05) is 13.2 Å². The quantitative estimate of drug-likeness (QED) is 0.293. The van der Waals surface area contributed by atoms with E-state index in [0.29, 0.717) is 6.61 Å². The van der Waals surface area contributed by atoms with Gasteiger partial charge in [0.2, 0.25) is 6.23 Å². The van der Waals surface area contributed by atoms with Crippen molar-refractivity contribution < 1.29 is 14.2 Å². The fraction of sp³-hybridized carbons (Fsp3) is 0.321. The summed E-state index contributed by atoms with van der Waals surface area (Å²) in [6.07, 6.45) is 2.69. The Morgan fingerprint density at radius 2 is 1.71 bits per heavy atom. The lowest BCUT2D eigenvalue weighted by molar-refractivity contribution is -0.0191. The van der Waals surface area contributed by atoms with Crippen LogP contribution in [0.25, 0.3) is 0 Å². The summed E-state index contributed by atoms with van der Waals surface area (Å²) in [4.78, 5) is 0. The second-order valence-electron chi connectivity index (χ2n) is 8.53. The molecule has 2 atom stereocenters. The van der Waals surface area contributed by atoms with Gasteiger partial charge in [-0.1, -0.05) is 29.3 Å². The lowest BCUT2D eigenvalue weighted by Crippen LogP contribution is -2.33. The number of ether oxygens (including phenoxy) is 3. The maximum Gasteiger partial charge on any atom is 0.213 e. The summed E-state index contributed by atoms with van der Waals surface area (Å²) in [7, 11) is 0. The van der Waals surface area contributed by atoms with Crippen molar-refractivity contribution >= 4 is 21.6 Å². The van der Waals surface area contributed by atoms with Crippen molar-refractivity contribution in [1.82, 2.24) is 5.01 Å². The average Bonchev–Trinajstić information content (AvgIpc) is 3.31. The van der Waals surface area contributed by atoms with Gasteiger partial charge < -0.3 is 14.2 Å². The van der Waals surface area contributed by atoms with Gasteiger partial charge in [0, 0.05) is 22.0 Å². The molecule has 0 spiro atoms. The van der Waals surface area contributed by atoms with Gasteiger partial charge in [0.05, 0.1) is 25.0 Å². The van der Waals surface area contributed by atoms with E-state index in [0.717, 1.165) is 70.0 Å². The number of benzene rings is 3. The summed E-state index contributed by atoms with van der Waals surface area (Å²) in [5, 5.41) is 7.17. The molecule has 176 valence electrons. The standard InChI is InChI=1S/C28H29BrN2O3/c1-3-5-16-33-23-13-8-20(9-14-23)28-31-26(24-17-21(29)10-15-27(24)34-28)18-25(30-31)19-6-11-22(12-7-19)32-4-2/h6-15,17,26,28H,3-5,16,18H2,1-2H3/t26-,28+/m1/s1. The normalized spacial score (nSPS) is 18.6. The average molecular weight is 521 g/mol. The SMILES string of the molecule is CCCCOc1ccc([C@@H]2Oc3ccc(Br)cc3[C@H]3CC(c4ccc(OCC)cc4)=NN32)cc1. The number of nitrogens with zero attached hydrogens (tertiary/aromatic N) is 2. The molecule has 2 aliphatic rings. The van der Waals surface area contributed by atoms with Gasteiger partial charge in [-0.25, -0.2) is 5.01 Å². The summed E-state index contributed by atoms with van der Waals surface area (Å²) in [5.41, 5.74) is 4.36. The Labute approximate surface area is 209 Å². The van der Waals surface area contributed by atoms with Crippen molar-refractivity contribution in [2.45, 2.75) is 45.4 Å². The topological polar surface area (TPSA) is 43.3 Å². The number of hydrogen-bond donors (Lipinski definition) is 0. The van der Waals surface area contributed by atoms with E-state index in [4.69, 9.17) is 19.3 Å². The summed E-state index contributed by atoms with van der Waals surface area (Å²) in [6, 6.07) is 22.7. The van der Waals surface area contributed by atoms with Crippen molar-refractivity contribution in [3.05, 3.63) is 87.9 Å². The number of halogens is 1. The first-order valence-electron chi connectivity index (χ1n) is 11.9. The fourth-order valence-corrected chi connectivity index (χ4v) is 4.80. The summed E-state index contributed by atoms with van der Waals surface area (Å²) < 4.78 is 19.0. The third kappa shape index (κ3) is 4.64. The molecule has 6 heteroatoms. The maximum absolute atomic E-state index is 6.50. The van der Waals surface area contributed by atoms with E-state index in [1.165, 1.54) is 0 Å². The molecular weight excluding hydrogens is 492 g/mol. The van der Waals surface area contributed by atoms with Gasteiger partial charge in [0.1, 0.15) is 17.2 Å². The third-order valence-electron chi connectivity index (χ3n) is 6.18. The number of hydrogen-bond acceptors (Lipinski definition) is 5. The van der Waals surface area contributed by atoms with Crippen LogP contribution in [0.2, 0.25) is 0 Å². The van der Waals surface area contributed by atoms with E-state index in [-0.39, 0.29) is 12.3 Å². The van der Waals surface area contributed by atoms with Gasteiger partial charge in [-0.15, -0.1) is 0 Å². The Morgan fingerprint density at radius 1 is 0.971 bits per heavy atom. The Hall–Kier alpha value is -2.99. The second-order valence-corrected chi connectivity index (χ2v) is 9.44. The molecule has 5 nitrogen and oxygen atoms in total. The monoisotopic (exact) mass is 520 g/mol. The van der Waals surface area contributed by atoms with Crippen molar-refractivity contribution in [2.24, 2.45) is 5.10 Å². The van der Waals surface area contributed by atoms with Crippen LogP contribution in [0.5, 0.6) is 17.2 Å². The van der Waals surface area contributed by atoms with E-state index < -0.39 is 0 Å². The van der Waals surface area contributed by atoms with Crippen LogP contribution in [0.3, 0.4) is 0 Å². The van der Waals surface area contributed by atoms with Crippen molar-refractivity contribution in [3.8, 4) is 17.2 Å². The molecule has 0 N–H and O–H groups in total. The van der Waals surface area contributed by atoms with Crippen LogP contribution in [0.15, 0.2) is 76.3 Å². The van der Waals surface area contributed by atoms with Gasteiger partial charge in [-0.2, -0.15) is 5.10 Å². The van der Waals surface area contributed by atoms with Crippen LogP contribution in [0, 0.1) is 0 Å². The van der Waals surface area contributed by atoms with Crippen molar-refractivity contribution in [3.63, 3.8) is 0 Å². The lowest BCUT2D eigenvalue weighted by Gasteiger charge is -2.38. The first kappa shape index (κ1) is 22.8. The number of hydrazone groups is 1. The van der Waals surface area contributed by atoms with Gasteiger partial charge in [0.15, 0.2) is 0 Å². The van der Waals surface area contributed by atoms with E-state index in [2.05, 4.69) is 58.2 Å². The van der Waals surface area contributed by atoms with Crippen LogP contribution in [-0.4, -0.2) is 23.9 Å². The van der Waals surface area contributed by atoms with Gasteiger partial charge in [-0.05, 0) is 85.6 Å². The molecular formula is C28H29BrN2O3. The van der Waals surface area contributed by atoms with Gasteiger partial charge in [0.25, 0.3) is 0 Å². The minimum atomic E-state index is -0.302. The molecule has 2 aliphatic heterocycles. The van der Waals surface area contributed by atoms with Crippen LogP contribution < -0.4 is 14.2 Å². The molecule has 2 heterocycles. The summed E-state index contributed by atoms with van der Waals surface area (Å²) >= 11 is 3.62. The van der Waals surface area contributed by atoms with E-state index >= 15 is 0 Å². The smallest absolute Gasteiger partial charge is 0.213 e. The Bertz CT molecular complexity index is 1160. The van der Waals surface area contributed by atoms with E-state index in [1.807, 2.05) is 43.3 Å². The third-order valence-corrected chi connectivity index (χ3v) is 6.68. The molecule has 3 aromatic carbocycles. The predicted octanol–water partition coefficient (Wildman–Crippen LogP) is 7.27. The summed E-state index contributed by atoms with van der Waals surface area (Å²) in [5.74, 6) is 2.66. The van der Waals surface area contributed by atoms with Crippen LogP contribution in [0.4, 0.5) is 0 Å². The Morgan fingerprint density at radius 3 is 2.44 bits per heavy atom. The maximum atomic E-state index is 6.50. The zero-order valence-electron chi connectivity index (χ0n) is 19.5. The second kappa shape index (κ2) is 10.1. The highest BCUT2D eigenvalue weighted by atomic mass is 79.9. The molecule has 0 radical (unpaired) electrons. The highest BCUT2D eigenvalue weighted by Crippen LogP contribution is 2.48. The molecule has 0 fully saturated rings. The Kier molecular flexibility index (Phi) is 6.77. The number of rotatable bonds is 8. The highest BCUT2D eigenvalue weighted by Gasteiger charge is 2.41. The molecule has 3 aromatic rings. The molecule has 0 saturated carbocycles. The molecule has 0 aliphatic carbocycles. The minimum Gasteiger partial charge on any atom is -0.494 e. The lowest BCUT2D eigenvalue weighted by atomic mass is 9.96.